The van der Waals surface area contributed by atoms with E-state index < -0.39 is 0 Å². The number of hydrogen-bond acceptors (Lipinski definition) is 9. The standard InChI is InChI=1S/C46H29NS2.C40H25NS2.C37H22N4S2/c1-4-13-30(14-5-1)33-19-12-20-36(27-33)37-21-10-11-22-40(37)47-45-43(38-28-34(23-25-41(38)48-45)31-15-6-2-7-16-31)44-39-29-35(32-17-8-3-9-18-32)24-26-42(39)49-46(44)47;1-4-13-26(14-5-1)29-23-24-35-33(25-29)37-36-32-19-10-11-22-34(32)42-39(36)41(40(37)43-35)38-30(27-15-6-2-7-16-27)20-12-21-31(38)28-17-8-3-9-18-28;1-4-12-23(13-5-1)33-38-34(24-14-6-2-7-15-24)40-35(39-33)25-20-21-30-28(22-25)32-31-27-18-10-11-19-29(27)42-36(31)41(37(32)43-30)26-16-8-3-9-17-26/h1-29H;1-25H;1-22H. The summed E-state index contributed by atoms with van der Waals surface area (Å²) in [5, 5.41) is 15.8. The summed E-state index contributed by atoms with van der Waals surface area (Å²) in [4.78, 5) is 22.6. The number of benzene rings is 18. The predicted octanol–water partition coefficient (Wildman–Crippen LogP) is 36.5. The molecule has 0 fully saturated rings. The van der Waals surface area contributed by atoms with Gasteiger partial charge in [0.25, 0.3) is 0 Å². The number of rotatable bonds is 13. The highest BCUT2D eigenvalue weighted by Gasteiger charge is 2.30. The average Bonchev–Trinajstić information content (AvgIpc) is 1.54. The molecule has 10 heterocycles. The molecule has 0 atom stereocenters. The first-order valence-corrected chi connectivity index (χ1v) is 50.1. The number of fused-ring (bicyclic) bond motifs is 21. The highest BCUT2D eigenvalue weighted by molar-refractivity contribution is 7.30. The molecule has 0 saturated heterocycles. The second-order valence-corrected chi connectivity index (χ2v) is 40.1. The zero-order chi connectivity index (χ0) is 89.0. The first-order chi connectivity index (χ1) is 67.0. The minimum atomic E-state index is 0.668. The monoisotopic (exact) mass is 1830 g/mol. The normalized spacial score (nSPS) is 11.7. The molecule has 0 aliphatic rings. The summed E-state index contributed by atoms with van der Waals surface area (Å²) < 4.78 is 15.4. The van der Waals surface area contributed by atoms with Gasteiger partial charge in [-0.25, -0.2) is 15.0 Å². The van der Waals surface area contributed by atoms with Gasteiger partial charge >= 0.3 is 0 Å². The van der Waals surface area contributed by atoms with Crippen LogP contribution in [0, 0.1) is 0 Å². The van der Waals surface area contributed by atoms with Crippen LogP contribution >= 0.6 is 68.0 Å². The maximum absolute atomic E-state index is 5.00. The second-order valence-electron chi connectivity index (χ2n) is 33.9. The summed E-state index contributed by atoms with van der Waals surface area (Å²) >= 11 is 11.3. The van der Waals surface area contributed by atoms with Crippen LogP contribution in [0.15, 0.2) is 461 Å². The Morgan fingerprint density at radius 3 is 0.815 bits per heavy atom. The van der Waals surface area contributed by atoms with Crippen LogP contribution in [0.25, 0.3) is 251 Å². The molecule has 28 rings (SSSR count). The SMILES string of the molecule is c1ccc(-c2ccc3sc4c(c3c2)c2c3ccccc3sc2n4-c2c(-c3ccccc3)cccc2-c2ccccc2)cc1.c1ccc(-c2cccc(-c3ccccc3-n3c4sc5ccc(-c6ccccc6)cc5c4c4c5cc(-c6ccccc6)ccc5sc43)c2)cc1.c1ccc(-c2nc(-c3ccccc3)nc(-c3ccc4sc5c(c4c3)c3c4ccccc4sc3n5-c3ccccc3)n2)cc1. The minimum Gasteiger partial charge on any atom is -0.292 e. The van der Waals surface area contributed by atoms with E-state index >= 15 is 0 Å². The Hall–Kier alpha value is -15.9. The van der Waals surface area contributed by atoms with Gasteiger partial charge in [-0.3, -0.25) is 13.7 Å². The largest absolute Gasteiger partial charge is 0.292 e. The van der Waals surface area contributed by atoms with Crippen molar-refractivity contribution >= 4 is 190 Å². The van der Waals surface area contributed by atoms with Gasteiger partial charge in [-0.15, -0.1) is 68.0 Å². The summed E-state index contributed by atoms with van der Waals surface area (Å²) in [5.74, 6) is 2.01. The third kappa shape index (κ3) is 14.0. The van der Waals surface area contributed by atoms with E-state index in [4.69, 9.17) is 15.0 Å². The van der Waals surface area contributed by atoms with Crippen LogP contribution in [0.2, 0.25) is 0 Å². The van der Waals surface area contributed by atoms with Crippen molar-refractivity contribution in [2.75, 3.05) is 0 Å². The first-order valence-electron chi connectivity index (χ1n) is 45.2. The van der Waals surface area contributed by atoms with Gasteiger partial charge in [-0.1, -0.05) is 370 Å². The molecule has 0 aliphatic heterocycles. The van der Waals surface area contributed by atoms with Gasteiger partial charge < -0.3 is 0 Å². The van der Waals surface area contributed by atoms with E-state index in [1.807, 2.05) is 129 Å². The molecule has 0 saturated carbocycles. The van der Waals surface area contributed by atoms with E-state index in [2.05, 4.69) is 414 Å². The molecule has 6 nitrogen and oxygen atoms in total. The number of thiophene rings is 6. The highest BCUT2D eigenvalue weighted by Crippen LogP contribution is 2.55. The third-order valence-electron chi connectivity index (χ3n) is 25.9. The molecule has 0 radical (unpaired) electrons. The fourth-order valence-electron chi connectivity index (χ4n) is 19.7. The number of para-hydroxylation sites is 3. The lowest BCUT2D eigenvalue weighted by Gasteiger charge is -2.18. The number of hydrogen-bond donors (Lipinski definition) is 0. The summed E-state index contributed by atoms with van der Waals surface area (Å²) in [6.07, 6.45) is 0. The topological polar surface area (TPSA) is 53.5 Å². The second kappa shape index (κ2) is 33.8. The van der Waals surface area contributed by atoms with Crippen molar-refractivity contribution in [1.82, 2.24) is 28.7 Å². The van der Waals surface area contributed by atoms with Crippen LogP contribution in [0.4, 0.5) is 0 Å². The molecule has 10 aromatic heterocycles. The average molecular weight is 1830 g/mol. The van der Waals surface area contributed by atoms with Crippen molar-refractivity contribution in [1.29, 1.82) is 0 Å². The Bertz CT molecular complexity index is 9150. The molecule has 0 aliphatic carbocycles. The predicted molar refractivity (Wildman–Crippen MR) is 582 cm³/mol. The highest BCUT2D eigenvalue weighted by atomic mass is 32.1. The molecule has 12 heteroatoms. The quantitative estimate of drug-likeness (QED) is 0.116. The fraction of sp³-hybridized carbons (Fsp3) is 0. The summed E-state index contributed by atoms with van der Waals surface area (Å²) in [5.41, 5.74) is 23.8. The fourth-order valence-corrected chi connectivity index (χ4v) is 27.2. The molecule has 0 unspecified atom stereocenters. The molecule has 634 valence electrons. The zero-order valence-electron chi connectivity index (χ0n) is 72.5. The van der Waals surface area contributed by atoms with Crippen molar-refractivity contribution in [3.05, 3.63) is 461 Å². The molecule has 18 aromatic carbocycles. The van der Waals surface area contributed by atoms with Gasteiger partial charge in [0, 0.05) is 132 Å². The van der Waals surface area contributed by atoms with Crippen LogP contribution in [0.5, 0.6) is 0 Å². The summed E-state index contributed by atoms with van der Waals surface area (Å²) in [6, 6.07) is 165. The lowest BCUT2D eigenvalue weighted by atomic mass is 9.96. The maximum atomic E-state index is 5.00. The maximum Gasteiger partial charge on any atom is 0.164 e. The van der Waals surface area contributed by atoms with Crippen molar-refractivity contribution in [3.63, 3.8) is 0 Å². The van der Waals surface area contributed by atoms with E-state index in [0.717, 1.165) is 16.7 Å². The van der Waals surface area contributed by atoms with Crippen molar-refractivity contribution in [3.8, 4) is 129 Å². The Morgan fingerprint density at radius 1 is 0.156 bits per heavy atom. The molecular formula is C123H76N6S6. The van der Waals surface area contributed by atoms with E-state index in [9.17, 15) is 0 Å². The lowest BCUT2D eigenvalue weighted by molar-refractivity contribution is 1.07. The Labute approximate surface area is 801 Å². The van der Waals surface area contributed by atoms with Gasteiger partial charge in [-0.2, -0.15) is 0 Å². The zero-order valence-corrected chi connectivity index (χ0v) is 77.4. The lowest BCUT2D eigenvalue weighted by Crippen LogP contribution is -2.00. The van der Waals surface area contributed by atoms with E-state index in [0.29, 0.717) is 17.5 Å². The van der Waals surface area contributed by atoms with Gasteiger partial charge in [0.15, 0.2) is 17.5 Å². The van der Waals surface area contributed by atoms with Gasteiger partial charge in [0.2, 0.25) is 0 Å². The van der Waals surface area contributed by atoms with E-state index in [1.165, 1.54) is 217 Å². The smallest absolute Gasteiger partial charge is 0.164 e. The van der Waals surface area contributed by atoms with Crippen LogP contribution < -0.4 is 0 Å². The van der Waals surface area contributed by atoms with Crippen LogP contribution in [0.1, 0.15) is 0 Å². The summed E-state index contributed by atoms with van der Waals surface area (Å²) in [7, 11) is 0. The molecule has 0 spiro atoms. The van der Waals surface area contributed by atoms with Crippen molar-refractivity contribution < 1.29 is 0 Å². The Balaban J connectivity index is 0.000000106. The number of nitrogens with zero attached hydrogens (tertiary/aromatic N) is 6. The van der Waals surface area contributed by atoms with Crippen LogP contribution in [-0.4, -0.2) is 28.7 Å². The molecule has 0 amide bonds. The molecule has 0 N–H and O–H groups in total. The molecule has 0 bridgehead atoms. The van der Waals surface area contributed by atoms with E-state index in [1.54, 1.807) is 0 Å². The van der Waals surface area contributed by atoms with Crippen molar-refractivity contribution in [2.45, 2.75) is 0 Å². The van der Waals surface area contributed by atoms with Gasteiger partial charge in [-0.05, 0) is 152 Å². The first kappa shape index (κ1) is 80.0. The molecular weight excluding hydrogens is 1750 g/mol. The number of aromatic nitrogens is 6. The van der Waals surface area contributed by atoms with Gasteiger partial charge in [0.1, 0.15) is 29.0 Å². The van der Waals surface area contributed by atoms with Crippen molar-refractivity contribution in [2.24, 2.45) is 0 Å². The summed E-state index contributed by atoms with van der Waals surface area (Å²) in [6.45, 7) is 0. The third-order valence-corrected chi connectivity index (χ3v) is 32.9. The Morgan fingerprint density at radius 2 is 0.415 bits per heavy atom. The molecule has 28 aromatic rings. The van der Waals surface area contributed by atoms with E-state index in [-0.39, 0.29) is 0 Å². The minimum absolute atomic E-state index is 0.668. The molecule has 135 heavy (non-hydrogen) atoms. The Kier molecular flexibility index (Phi) is 20.0. The van der Waals surface area contributed by atoms with Gasteiger partial charge in [0.05, 0.1) is 11.4 Å². The van der Waals surface area contributed by atoms with Crippen LogP contribution in [-0.2, 0) is 0 Å². The van der Waals surface area contributed by atoms with Crippen LogP contribution in [0.3, 0.4) is 0 Å².